The summed E-state index contributed by atoms with van der Waals surface area (Å²) in [5, 5.41) is 4.45. The maximum Gasteiger partial charge on any atom is 0.263 e. The second kappa shape index (κ2) is 10.4. The van der Waals surface area contributed by atoms with Gasteiger partial charge < -0.3 is 11.1 Å². The molecule has 0 spiro atoms. The van der Waals surface area contributed by atoms with Crippen molar-refractivity contribution in [1.82, 2.24) is 15.0 Å². The predicted molar refractivity (Wildman–Crippen MR) is 148 cm³/mol. The number of nitrogens with zero attached hydrogens (tertiary/aromatic N) is 3. The summed E-state index contributed by atoms with van der Waals surface area (Å²) < 4.78 is 28.0. The van der Waals surface area contributed by atoms with Crippen LogP contribution in [0.4, 0.5) is 11.8 Å². The average Bonchev–Trinajstić information content (AvgIpc) is 2.90. The molecular formula is C28H32N6O2S. The first-order valence-electron chi connectivity index (χ1n) is 12.7. The largest absolute Gasteiger partial charge is 0.351 e. The standard InChI is InChI=1S/C28H32N6O2S/c1-3-19-15-20(16-21-17-30-28(33-27(19)21)32-23-11-9-22(29)10-12-23)25-13-14-26(31-18(25)2)34-37(35,36)24-7-5-4-6-8-24/h4-8,13-17,22-23H,3,9-12,29H2,1-2H3,(H,31,34)(H,30,32,33)/t22-,23-. The van der Waals surface area contributed by atoms with E-state index >= 15 is 0 Å². The van der Waals surface area contributed by atoms with E-state index in [0.717, 1.165) is 65.4 Å². The summed E-state index contributed by atoms with van der Waals surface area (Å²) in [5.74, 6) is 0.938. The number of nitrogens with one attached hydrogen (secondary N) is 2. The molecule has 0 unspecified atom stereocenters. The van der Waals surface area contributed by atoms with Crippen LogP contribution in [0.1, 0.15) is 43.9 Å². The third kappa shape index (κ3) is 5.57. The molecule has 1 aliphatic rings. The van der Waals surface area contributed by atoms with Crippen molar-refractivity contribution >= 4 is 32.7 Å². The first-order valence-corrected chi connectivity index (χ1v) is 14.2. The van der Waals surface area contributed by atoms with Crippen LogP contribution in [0.2, 0.25) is 0 Å². The summed E-state index contributed by atoms with van der Waals surface area (Å²) in [4.78, 5) is 14.2. The van der Waals surface area contributed by atoms with Crippen molar-refractivity contribution in [2.24, 2.45) is 5.73 Å². The molecule has 2 aromatic carbocycles. The maximum atomic E-state index is 12.7. The number of hydrogen-bond donors (Lipinski definition) is 3. The first kappa shape index (κ1) is 25.1. The van der Waals surface area contributed by atoms with Crippen molar-refractivity contribution in [2.45, 2.75) is 62.9 Å². The van der Waals surface area contributed by atoms with E-state index in [-0.39, 0.29) is 10.7 Å². The van der Waals surface area contributed by atoms with Gasteiger partial charge in [-0.2, -0.15) is 0 Å². The van der Waals surface area contributed by atoms with E-state index in [1.54, 1.807) is 36.4 Å². The second-order valence-corrected chi connectivity index (χ2v) is 11.3. The van der Waals surface area contributed by atoms with Crippen LogP contribution in [-0.4, -0.2) is 35.5 Å². The van der Waals surface area contributed by atoms with Gasteiger partial charge >= 0.3 is 0 Å². The van der Waals surface area contributed by atoms with E-state index in [1.807, 2.05) is 19.2 Å². The molecule has 2 heterocycles. The number of sulfonamides is 1. The minimum atomic E-state index is -3.71. The van der Waals surface area contributed by atoms with Gasteiger partial charge in [-0.25, -0.2) is 23.4 Å². The zero-order chi connectivity index (χ0) is 26.0. The molecule has 9 heteroatoms. The van der Waals surface area contributed by atoms with E-state index in [2.05, 4.69) is 39.1 Å². The van der Waals surface area contributed by atoms with Crippen molar-refractivity contribution in [1.29, 1.82) is 0 Å². The molecule has 0 saturated heterocycles. The van der Waals surface area contributed by atoms with E-state index in [9.17, 15) is 8.42 Å². The van der Waals surface area contributed by atoms with Crippen molar-refractivity contribution in [3.8, 4) is 11.1 Å². The Balaban J connectivity index is 1.41. The summed E-state index contributed by atoms with van der Waals surface area (Å²) in [6.45, 7) is 3.99. The van der Waals surface area contributed by atoms with Crippen molar-refractivity contribution in [2.75, 3.05) is 10.0 Å². The fourth-order valence-electron chi connectivity index (χ4n) is 4.88. The van der Waals surface area contributed by atoms with Crippen molar-refractivity contribution in [3.63, 3.8) is 0 Å². The number of nitrogens with two attached hydrogens (primary N) is 1. The quantitative estimate of drug-likeness (QED) is 0.314. The minimum absolute atomic E-state index is 0.196. The Kier molecular flexibility index (Phi) is 7.08. The van der Waals surface area contributed by atoms with Gasteiger partial charge in [0.15, 0.2) is 0 Å². The highest BCUT2D eigenvalue weighted by Gasteiger charge is 2.20. The fraction of sp³-hybridized carbons (Fsp3) is 0.321. The number of pyridine rings is 1. The average molecular weight is 517 g/mol. The van der Waals surface area contributed by atoms with E-state index in [0.29, 0.717) is 18.0 Å². The predicted octanol–water partition coefficient (Wildman–Crippen LogP) is 5.05. The topological polar surface area (TPSA) is 123 Å². The Morgan fingerprint density at radius 1 is 1.00 bits per heavy atom. The number of rotatable bonds is 7. The molecule has 0 bridgehead atoms. The highest BCUT2D eigenvalue weighted by atomic mass is 32.2. The Bertz CT molecular complexity index is 1520. The Hall–Kier alpha value is -3.56. The number of benzene rings is 2. The van der Waals surface area contributed by atoms with Crippen LogP contribution in [-0.2, 0) is 16.4 Å². The molecule has 0 aliphatic heterocycles. The van der Waals surface area contributed by atoms with Crippen LogP contribution in [0.5, 0.6) is 0 Å². The number of anilines is 2. The molecule has 0 atom stereocenters. The Labute approximate surface area is 217 Å². The lowest BCUT2D eigenvalue weighted by atomic mass is 9.92. The fourth-order valence-corrected chi connectivity index (χ4v) is 5.90. The highest BCUT2D eigenvalue weighted by Crippen LogP contribution is 2.30. The number of aryl methyl sites for hydroxylation is 2. The van der Waals surface area contributed by atoms with Crippen LogP contribution in [0.25, 0.3) is 22.0 Å². The Morgan fingerprint density at radius 3 is 2.46 bits per heavy atom. The summed E-state index contributed by atoms with van der Waals surface area (Å²) in [7, 11) is -3.71. The van der Waals surface area contributed by atoms with Gasteiger partial charge in [-0.05, 0) is 86.6 Å². The van der Waals surface area contributed by atoms with Gasteiger partial charge in [-0.15, -0.1) is 0 Å². The third-order valence-corrected chi connectivity index (χ3v) is 8.31. The molecule has 1 saturated carbocycles. The van der Waals surface area contributed by atoms with E-state index in [1.165, 1.54) is 0 Å². The lowest BCUT2D eigenvalue weighted by Gasteiger charge is -2.26. The molecule has 2 aromatic heterocycles. The summed E-state index contributed by atoms with van der Waals surface area (Å²) in [6.07, 6.45) is 6.80. The molecule has 5 rings (SSSR count). The summed E-state index contributed by atoms with van der Waals surface area (Å²) >= 11 is 0. The lowest BCUT2D eigenvalue weighted by molar-refractivity contribution is 0.410. The van der Waals surface area contributed by atoms with Gasteiger partial charge in [-0.1, -0.05) is 25.1 Å². The van der Waals surface area contributed by atoms with Crippen molar-refractivity contribution < 1.29 is 8.42 Å². The SMILES string of the molecule is CCc1cc(-c2ccc(NS(=O)(=O)c3ccccc3)nc2C)cc2cnc(N[C@H]3CC[C@H](N)CC3)nc12. The molecular weight excluding hydrogens is 484 g/mol. The molecule has 1 fully saturated rings. The molecule has 1 aliphatic carbocycles. The van der Waals surface area contributed by atoms with Crippen LogP contribution in [0.3, 0.4) is 0 Å². The third-order valence-electron chi connectivity index (χ3n) is 6.94. The molecule has 8 nitrogen and oxygen atoms in total. The van der Waals surface area contributed by atoms with Crippen LogP contribution in [0.15, 0.2) is 65.7 Å². The van der Waals surface area contributed by atoms with Crippen LogP contribution < -0.4 is 15.8 Å². The van der Waals surface area contributed by atoms with Gasteiger partial charge in [0.1, 0.15) is 5.82 Å². The smallest absolute Gasteiger partial charge is 0.263 e. The molecule has 0 radical (unpaired) electrons. The summed E-state index contributed by atoms with van der Waals surface area (Å²) in [6, 6.07) is 16.7. The molecule has 4 aromatic rings. The second-order valence-electron chi connectivity index (χ2n) is 9.62. The van der Waals surface area contributed by atoms with Gasteiger partial charge in [0.05, 0.1) is 10.4 Å². The van der Waals surface area contributed by atoms with E-state index in [4.69, 9.17) is 10.7 Å². The van der Waals surface area contributed by atoms with E-state index < -0.39 is 10.0 Å². The van der Waals surface area contributed by atoms with Gasteiger partial charge in [-0.3, -0.25) is 4.72 Å². The minimum Gasteiger partial charge on any atom is -0.351 e. The summed E-state index contributed by atoms with van der Waals surface area (Å²) in [5.41, 5.74) is 10.8. The molecule has 4 N–H and O–H groups in total. The zero-order valence-electron chi connectivity index (χ0n) is 21.1. The lowest BCUT2D eigenvalue weighted by Crippen LogP contribution is -2.33. The van der Waals surface area contributed by atoms with Crippen LogP contribution >= 0.6 is 0 Å². The maximum absolute atomic E-state index is 12.7. The van der Waals surface area contributed by atoms with Gasteiger partial charge in [0, 0.05) is 34.9 Å². The molecule has 192 valence electrons. The molecule has 37 heavy (non-hydrogen) atoms. The number of aromatic nitrogens is 3. The van der Waals surface area contributed by atoms with Gasteiger partial charge in [0.25, 0.3) is 10.0 Å². The zero-order valence-corrected chi connectivity index (χ0v) is 21.9. The first-order chi connectivity index (χ1) is 17.8. The number of hydrogen-bond acceptors (Lipinski definition) is 7. The van der Waals surface area contributed by atoms with Gasteiger partial charge in [0.2, 0.25) is 5.95 Å². The highest BCUT2D eigenvalue weighted by molar-refractivity contribution is 7.92. The molecule has 0 amide bonds. The number of fused-ring (bicyclic) bond motifs is 1. The monoisotopic (exact) mass is 516 g/mol. The Morgan fingerprint density at radius 2 is 1.76 bits per heavy atom. The van der Waals surface area contributed by atoms with Crippen LogP contribution in [0, 0.1) is 6.92 Å². The normalized spacial score (nSPS) is 18.0. The van der Waals surface area contributed by atoms with Crippen molar-refractivity contribution in [3.05, 3.63) is 72.1 Å².